The highest BCUT2D eigenvalue weighted by atomic mass is 16.5. The van der Waals surface area contributed by atoms with E-state index >= 15 is 0 Å². The Morgan fingerprint density at radius 2 is 1.58 bits per heavy atom. The summed E-state index contributed by atoms with van der Waals surface area (Å²) in [7, 11) is 3.14. The minimum absolute atomic E-state index is 0.0546. The van der Waals surface area contributed by atoms with Crippen LogP contribution in [0.4, 0.5) is 5.69 Å². The molecule has 0 spiro atoms. The molecule has 36 heavy (non-hydrogen) atoms. The minimum Gasteiger partial charge on any atom is -0.507 e. The van der Waals surface area contributed by atoms with Gasteiger partial charge in [0.2, 0.25) is 5.91 Å². The lowest BCUT2D eigenvalue weighted by Gasteiger charge is -2.22. The number of phenols is 1. The third kappa shape index (κ3) is 6.30. The summed E-state index contributed by atoms with van der Waals surface area (Å²) < 4.78 is 16.8. The second-order valence-corrected chi connectivity index (χ2v) is 9.31. The smallest absolute Gasteiger partial charge is 0.224 e. The summed E-state index contributed by atoms with van der Waals surface area (Å²) in [5.41, 5.74) is 6.62. The molecule has 1 atom stereocenters. The normalized spacial score (nSPS) is 11.6. The number of aromatic hydroxyl groups is 1. The molecule has 6 heteroatoms. The number of amides is 1. The molecule has 0 radical (unpaired) electrons. The van der Waals surface area contributed by atoms with Crippen LogP contribution >= 0.6 is 0 Å². The van der Waals surface area contributed by atoms with Gasteiger partial charge in [-0.25, -0.2) is 0 Å². The largest absolute Gasteiger partial charge is 0.507 e. The van der Waals surface area contributed by atoms with Gasteiger partial charge in [-0.3, -0.25) is 4.79 Å². The molecule has 0 aliphatic carbocycles. The van der Waals surface area contributed by atoms with Gasteiger partial charge in [-0.15, -0.1) is 0 Å². The number of anilines is 1. The van der Waals surface area contributed by atoms with Crippen LogP contribution in [0.3, 0.4) is 0 Å². The lowest BCUT2D eigenvalue weighted by atomic mass is 9.87. The van der Waals surface area contributed by atoms with Crippen LogP contribution in [-0.2, 0) is 4.79 Å². The van der Waals surface area contributed by atoms with Crippen molar-refractivity contribution in [1.29, 1.82) is 0 Å². The van der Waals surface area contributed by atoms with Crippen LogP contribution in [0.2, 0.25) is 0 Å². The number of hydrogen-bond acceptors (Lipinski definition) is 5. The molecule has 3 aromatic carbocycles. The fourth-order valence-electron chi connectivity index (χ4n) is 4.53. The van der Waals surface area contributed by atoms with Gasteiger partial charge < -0.3 is 24.6 Å². The van der Waals surface area contributed by atoms with Gasteiger partial charge in [0.25, 0.3) is 0 Å². The number of aryl methyl sites for hydroxylation is 4. The van der Waals surface area contributed by atoms with Crippen molar-refractivity contribution in [3.8, 4) is 23.0 Å². The van der Waals surface area contributed by atoms with E-state index in [4.69, 9.17) is 14.2 Å². The van der Waals surface area contributed by atoms with E-state index in [2.05, 4.69) is 31.3 Å². The van der Waals surface area contributed by atoms with E-state index < -0.39 is 0 Å². The Bertz CT molecular complexity index is 1230. The number of phenolic OH excluding ortho intramolecular Hbond substituents is 1. The number of nitrogens with one attached hydrogen (secondary N) is 1. The van der Waals surface area contributed by atoms with E-state index in [1.807, 2.05) is 32.9 Å². The SMILES string of the molecule is COc1ccc(OC)c(NC(=O)CCCOc2c(C)cc(C)cc2C(C)c2cc(C)cc(C)c2O)c1. The van der Waals surface area contributed by atoms with E-state index in [1.54, 1.807) is 32.4 Å². The van der Waals surface area contributed by atoms with Gasteiger partial charge in [0.1, 0.15) is 23.0 Å². The molecule has 0 aromatic heterocycles. The maximum Gasteiger partial charge on any atom is 0.224 e. The minimum atomic E-state index is -0.125. The van der Waals surface area contributed by atoms with Gasteiger partial charge in [0.15, 0.2) is 0 Å². The Balaban J connectivity index is 1.70. The molecule has 1 unspecified atom stereocenters. The molecule has 0 bridgehead atoms. The summed E-state index contributed by atoms with van der Waals surface area (Å²) in [6, 6.07) is 13.5. The van der Waals surface area contributed by atoms with Gasteiger partial charge in [0.05, 0.1) is 26.5 Å². The van der Waals surface area contributed by atoms with Crippen LogP contribution in [0, 0.1) is 27.7 Å². The third-order valence-corrected chi connectivity index (χ3v) is 6.33. The zero-order chi connectivity index (χ0) is 26.4. The molecule has 192 valence electrons. The predicted octanol–water partition coefficient (Wildman–Crippen LogP) is 6.59. The summed E-state index contributed by atoms with van der Waals surface area (Å²) in [5.74, 6) is 2.16. The summed E-state index contributed by atoms with van der Waals surface area (Å²) in [5, 5.41) is 13.6. The third-order valence-electron chi connectivity index (χ3n) is 6.33. The summed E-state index contributed by atoms with van der Waals surface area (Å²) in [6.07, 6.45) is 0.849. The van der Waals surface area contributed by atoms with Crippen molar-refractivity contribution in [3.63, 3.8) is 0 Å². The van der Waals surface area contributed by atoms with Crippen molar-refractivity contribution in [2.75, 3.05) is 26.1 Å². The summed E-state index contributed by atoms with van der Waals surface area (Å²) >= 11 is 0. The molecule has 3 rings (SSSR count). The van der Waals surface area contributed by atoms with Gasteiger partial charge in [-0.2, -0.15) is 0 Å². The van der Waals surface area contributed by atoms with Crippen LogP contribution in [0.25, 0.3) is 0 Å². The molecular formula is C30H37NO5. The van der Waals surface area contributed by atoms with Crippen molar-refractivity contribution < 1.29 is 24.1 Å². The zero-order valence-electron chi connectivity index (χ0n) is 22.3. The highest BCUT2D eigenvalue weighted by Gasteiger charge is 2.21. The van der Waals surface area contributed by atoms with Crippen molar-refractivity contribution in [2.45, 2.75) is 53.4 Å². The molecule has 2 N–H and O–H groups in total. The average Bonchev–Trinajstić information content (AvgIpc) is 2.84. The van der Waals surface area contributed by atoms with Gasteiger partial charge in [0, 0.05) is 29.5 Å². The second-order valence-electron chi connectivity index (χ2n) is 9.31. The van der Waals surface area contributed by atoms with Gasteiger partial charge in [-0.05, 0) is 57.4 Å². The molecule has 0 fully saturated rings. The van der Waals surface area contributed by atoms with E-state index in [9.17, 15) is 9.90 Å². The fraction of sp³-hybridized carbons (Fsp3) is 0.367. The zero-order valence-corrected chi connectivity index (χ0v) is 22.3. The highest BCUT2D eigenvalue weighted by Crippen LogP contribution is 2.40. The van der Waals surface area contributed by atoms with E-state index in [1.165, 1.54) is 0 Å². The maximum atomic E-state index is 12.6. The van der Waals surface area contributed by atoms with Crippen molar-refractivity contribution in [3.05, 3.63) is 75.8 Å². The number of benzene rings is 3. The first-order chi connectivity index (χ1) is 17.1. The lowest BCUT2D eigenvalue weighted by Crippen LogP contribution is -2.14. The van der Waals surface area contributed by atoms with Gasteiger partial charge in [-0.1, -0.05) is 42.3 Å². The Morgan fingerprint density at radius 3 is 2.25 bits per heavy atom. The number of carbonyl (C=O) groups is 1. The molecule has 0 aliphatic rings. The van der Waals surface area contributed by atoms with Crippen LogP contribution in [0.5, 0.6) is 23.0 Å². The molecule has 6 nitrogen and oxygen atoms in total. The quantitative estimate of drug-likeness (QED) is 0.313. The lowest BCUT2D eigenvalue weighted by molar-refractivity contribution is -0.116. The average molecular weight is 492 g/mol. The van der Waals surface area contributed by atoms with E-state index in [-0.39, 0.29) is 11.8 Å². The Hall–Kier alpha value is -3.67. The molecule has 0 saturated carbocycles. The summed E-state index contributed by atoms with van der Waals surface area (Å²) in [4.78, 5) is 12.6. The number of methoxy groups -OCH3 is 2. The van der Waals surface area contributed by atoms with Crippen LogP contribution < -0.4 is 19.5 Å². The van der Waals surface area contributed by atoms with Crippen LogP contribution in [-0.4, -0.2) is 31.8 Å². The van der Waals surface area contributed by atoms with Crippen LogP contribution in [0.1, 0.15) is 59.1 Å². The monoisotopic (exact) mass is 491 g/mol. The number of rotatable bonds is 10. The molecule has 0 saturated heterocycles. The van der Waals surface area contributed by atoms with Gasteiger partial charge >= 0.3 is 0 Å². The predicted molar refractivity (Wildman–Crippen MR) is 144 cm³/mol. The number of carbonyl (C=O) groups excluding carboxylic acids is 1. The highest BCUT2D eigenvalue weighted by molar-refractivity contribution is 5.92. The number of hydrogen-bond donors (Lipinski definition) is 2. The van der Waals surface area contributed by atoms with Crippen molar-refractivity contribution in [2.24, 2.45) is 0 Å². The Morgan fingerprint density at radius 1 is 0.917 bits per heavy atom. The fourth-order valence-corrected chi connectivity index (χ4v) is 4.53. The molecule has 1 amide bonds. The molecule has 0 heterocycles. The number of ether oxygens (including phenoxy) is 3. The molecule has 3 aromatic rings. The molecular weight excluding hydrogens is 454 g/mol. The first-order valence-corrected chi connectivity index (χ1v) is 12.2. The van der Waals surface area contributed by atoms with Crippen molar-refractivity contribution >= 4 is 11.6 Å². The Kier molecular flexibility index (Phi) is 8.86. The van der Waals surface area contributed by atoms with E-state index in [0.29, 0.717) is 42.4 Å². The second kappa shape index (κ2) is 11.8. The van der Waals surface area contributed by atoms with Crippen LogP contribution in [0.15, 0.2) is 42.5 Å². The standard InChI is InChI=1S/C30H37NO5/c1-18-13-20(3)29(33)24(15-18)22(5)25-16-19(2)14-21(4)30(25)36-12-8-9-28(32)31-26-17-23(34-6)10-11-27(26)35-7/h10-11,13-17,22,33H,8-9,12H2,1-7H3,(H,31,32). The van der Waals surface area contributed by atoms with E-state index in [0.717, 1.165) is 39.1 Å². The maximum absolute atomic E-state index is 12.6. The first-order valence-electron chi connectivity index (χ1n) is 12.2. The first kappa shape index (κ1) is 26.9. The topological polar surface area (TPSA) is 77.0 Å². The molecule has 0 aliphatic heterocycles. The van der Waals surface area contributed by atoms with Crippen molar-refractivity contribution in [1.82, 2.24) is 0 Å². The Labute approximate surface area is 214 Å². The summed E-state index contributed by atoms with van der Waals surface area (Å²) in [6.45, 7) is 10.5.